The van der Waals surface area contributed by atoms with Gasteiger partial charge in [0.1, 0.15) is 0 Å². The second-order valence-corrected chi connectivity index (χ2v) is 7.30. The number of nitrogens with one attached hydrogen (secondary N) is 1. The number of anilines is 1. The lowest BCUT2D eigenvalue weighted by atomic mass is 10.1. The van der Waals surface area contributed by atoms with Gasteiger partial charge in [-0.2, -0.15) is 0 Å². The summed E-state index contributed by atoms with van der Waals surface area (Å²) in [6.07, 6.45) is -1.10. The van der Waals surface area contributed by atoms with Gasteiger partial charge in [0.05, 0.1) is 17.1 Å². The summed E-state index contributed by atoms with van der Waals surface area (Å²) in [5.41, 5.74) is 1.31. The van der Waals surface area contributed by atoms with E-state index in [-0.39, 0.29) is 10.6 Å². The molecule has 0 fully saturated rings. The Morgan fingerprint density at radius 3 is 2.52 bits per heavy atom. The van der Waals surface area contributed by atoms with E-state index in [1.807, 2.05) is 0 Å². The first-order valence-electron chi connectivity index (χ1n) is 7.93. The highest BCUT2D eigenvalue weighted by Gasteiger charge is 2.20. The quantitative estimate of drug-likeness (QED) is 0.691. The van der Waals surface area contributed by atoms with Crippen molar-refractivity contribution in [2.24, 2.45) is 5.14 Å². The Bertz CT molecular complexity index is 942. The van der Waals surface area contributed by atoms with Gasteiger partial charge in [-0.05, 0) is 42.8 Å². The number of esters is 1. The summed E-state index contributed by atoms with van der Waals surface area (Å²) in [6.45, 7) is 1.76. The molecule has 9 heteroatoms. The molecule has 0 aliphatic rings. The number of nitrogens with two attached hydrogens (primary N) is 1. The highest BCUT2D eigenvalue weighted by atomic mass is 32.2. The van der Waals surface area contributed by atoms with Crippen LogP contribution in [0.2, 0.25) is 0 Å². The second-order valence-electron chi connectivity index (χ2n) is 5.74. The third-order valence-corrected chi connectivity index (χ3v) is 4.47. The molecule has 0 unspecified atom stereocenters. The molecule has 0 bridgehead atoms. The molecule has 0 saturated carbocycles. The number of carbonyl (C=O) groups excluding carboxylic acids is 2. The van der Waals surface area contributed by atoms with Crippen LogP contribution in [0.25, 0.3) is 0 Å². The summed E-state index contributed by atoms with van der Waals surface area (Å²) in [6, 6.07) is 12.1. The Morgan fingerprint density at radius 1 is 1.15 bits per heavy atom. The highest BCUT2D eigenvalue weighted by Crippen LogP contribution is 2.15. The summed E-state index contributed by atoms with van der Waals surface area (Å²) >= 11 is 0. The second kappa shape index (κ2) is 8.76. The minimum absolute atomic E-state index is 0.139. The summed E-state index contributed by atoms with van der Waals surface area (Å²) in [5, 5.41) is 7.55. The van der Waals surface area contributed by atoms with Crippen LogP contribution >= 0.6 is 0 Å². The first kappa shape index (κ1) is 20.6. The predicted molar refractivity (Wildman–Crippen MR) is 98.5 cm³/mol. The third kappa shape index (κ3) is 5.88. The molecule has 2 rings (SSSR count). The van der Waals surface area contributed by atoms with E-state index in [2.05, 4.69) is 5.32 Å². The van der Waals surface area contributed by atoms with E-state index in [4.69, 9.17) is 14.6 Å². The minimum atomic E-state index is -3.89. The number of methoxy groups -OCH3 is 1. The van der Waals surface area contributed by atoms with Crippen LogP contribution < -0.4 is 10.5 Å². The van der Waals surface area contributed by atoms with Crippen molar-refractivity contribution in [3.05, 3.63) is 59.7 Å². The lowest BCUT2D eigenvalue weighted by Gasteiger charge is -2.14. The van der Waals surface area contributed by atoms with Gasteiger partial charge in [-0.3, -0.25) is 4.79 Å². The Labute approximate surface area is 157 Å². The topological polar surface area (TPSA) is 125 Å². The fourth-order valence-corrected chi connectivity index (χ4v) is 2.79. The average molecular weight is 392 g/mol. The van der Waals surface area contributed by atoms with Gasteiger partial charge >= 0.3 is 5.97 Å². The van der Waals surface area contributed by atoms with Crippen LogP contribution in [-0.4, -0.2) is 33.5 Å². The monoisotopic (exact) mass is 392 g/mol. The van der Waals surface area contributed by atoms with E-state index in [1.54, 1.807) is 31.4 Å². The van der Waals surface area contributed by atoms with E-state index in [9.17, 15) is 18.0 Å². The van der Waals surface area contributed by atoms with Crippen molar-refractivity contribution < 1.29 is 27.5 Å². The zero-order valence-corrected chi connectivity index (χ0v) is 15.7. The summed E-state index contributed by atoms with van der Waals surface area (Å²) in [4.78, 5) is 24.3. The number of sulfonamides is 1. The fraction of sp³-hybridized carbons (Fsp3) is 0.222. The number of rotatable bonds is 7. The van der Waals surface area contributed by atoms with Crippen LogP contribution in [-0.2, 0) is 30.9 Å². The summed E-state index contributed by atoms with van der Waals surface area (Å²) in [5.74, 6) is -1.27. The van der Waals surface area contributed by atoms with Crippen molar-refractivity contribution in [1.29, 1.82) is 0 Å². The van der Waals surface area contributed by atoms with Gasteiger partial charge in [-0.25, -0.2) is 18.4 Å². The lowest BCUT2D eigenvalue weighted by molar-refractivity contribution is -0.123. The maximum absolute atomic E-state index is 12.2. The molecule has 0 radical (unpaired) electrons. The van der Waals surface area contributed by atoms with Gasteiger partial charge in [0.15, 0.2) is 6.10 Å². The molecule has 144 valence electrons. The number of hydrogen-bond acceptors (Lipinski definition) is 6. The van der Waals surface area contributed by atoms with Crippen LogP contribution in [0.15, 0.2) is 53.4 Å². The Balaban J connectivity index is 2.03. The largest absolute Gasteiger partial charge is 0.449 e. The number of amides is 1. The minimum Gasteiger partial charge on any atom is -0.449 e. The SMILES string of the molecule is COCc1cccc(C(=O)O[C@@H](C)C(=O)Nc2cccc(S(N)(=O)=O)c2)c1. The van der Waals surface area contributed by atoms with Gasteiger partial charge < -0.3 is 14.8 Å². The molecular formula is C18H20N2O6S. The fourth-order valence-electron chi connectivity index (χ4n) is 2.23. The highest BCUT2D eigenvalue weighted by molar-refractivity contribution is 7.89. The molecule has 2 aromatic carbocycles. The van der Waals surface area contributed by atoms with Crippen molar-refractivity contribution in [2.45, 2.75) is 24.5 Å². The zero-order chi connectivity index (χ0) is 20.0. The number of primary sulfonamides is 1. The van der Waals surface area contributed by atoms with Crippen molar-refractivity contribution >= 4 is 27.6 Å². The summed E-state index contributed by atoms with van der Waals surface area (Å²) < 4.78 is 32.9. The molecular weight excluding hydrogens is 372 g/mol. The Morgan fingerprint density at radius 2 is 1.85 bits per heavy atom. The molecule has 8 nitrogen and oxygen atoms in total. The zero-order valence-electron chi connectivity index (χ0n) is 14.8. The van der Waals surface area contributed by atoms with Crippen LogP contribution in [0.1, 0.15) is 22.8 Å². The third-order valence-electron chi connectivity index (χ3n) is 3.56. The molecule has 0 heterocycles. The van der Waals surface area contributed by atoms with Crippen LogP contribution in [0.4, 0.5) is 5.69 Å². The van der Waals surface area contributed by atoms with Gasteiger partial charge in [0.25, 0.3) is 5.91 Å². The summed E-state index contributed by atoms with van der Waals surface area (Å²) in [7, 11) is -2.35. The van der Waals surface area contributed by atoms with Crippen molar-refractivity contribution in [3.63, 3.8) is 0 Å². The first-order valence-corrected chi connectivity index (χ1v) is 9.48. The number of hydrogen-bond donors (Lipinski definition) is 2. The first-order chi connectivity index (χ1) is 12.7. The molecule has 0 aliphatic carbocycles. The van der Waals surface area contributed by atoms with Crippen LogP contribution in [0, 0.1) is 0 Å². The average Bonchev–Trinajstić information content (AvgIpc) is 2.61. The van der Waals surface area contributed by atoms with E-state index in [0.717, 1.165) is 5.56 Å². The normalized spacial score (nSPS) is 12.3. The van der Waals surface area contributed by atoms with Gasteiger partial charge in [0.2, 0.25) is 10.0 Å². The number of carbonyl (C=O) groups is 2. The van der Waals surface area contributed by atoms with Gasteiger partial charge in [0, 0.05) is 12.8 Å². The molecule has 1 amide bonds. The van der Waals surface area contributed by atoms with E-state index in [1.165, 1.54) is 31.2 Å². The van der Waals surface area contributed by atoms with E-state index >= 15 is 0 Å². The van der Waals surface area contributed by atoms with Crippen molar-refractivity contribution in [3.8, 4) is 0 Å². The Kier molecular flexibility index (Phi) is 6.67. The van der Waals surface area contributed by atoms with Crippen molar-refractivity contribution in [2.75, 3.05) is 12.4 Å². The number of ether oxygens (including phenoxy) is 2. The van der Waals surface area contributed by atoms with Crippen LogP contribution in [0.3, 0.4) is 0 Å². The standard InChI is InChI=1S/C18H20N2O6S/c1-12(26-18(22)14-6-3-5-13(9-14)11-25-2)17(21)20-15-7-4-8-16(10-15)27(19,23)24/h3-10,12H,11H2,1-2H3,(H,20,21)(H2,19,23,24)/t12-/m0/s1. The van der Waals surface area contributed by atoms with Crippen molar-refractivity contribution in [1.82, 2.24) is 0 Å². The molecule has 0 saturated heterocycles. The molecule has 3 N–H and O–H groups in total. The lowest BCUT2D eigenvalue weighted by Crippen LogP contribution is -2.30. The predicted octanol–water partition coefficient (Wildman–Crippen LogP) is 1.66. The van der Waals surface area contributed by atoms with Gasteiger partial charge in [-0.15, -0.1) is 0 Å². The molecule has 2 aromatic rings. The molecule has 0 aliphatic heterocycles. The molecule has 1 atom stereocenters. The van der Waals surface area contributed by atoms with E-state index < -0.39 is 28.0 Å². The molecule has 0 spiro atoms. The smallest absolute Gasteiger partial charge is 0.338 e. The Hall–Kier alpha value is -2.75. The van der Waals surface area contributed by atoms with Gasteiger partial charge in [-0.1, -0.05) is 18.2 Å². The van der Waals surface area contributed by atoms with Crippen LogP contribution in [0.5, 0.6) is 0 Å². The molecule has 27 heavy (non-hydrogen) atoms. The number of benzene rings is 2. The maximum atomic E-state index is 12.2. The van der Waals surface area contributed by atoms with E-state index in [0.29, 0.717) is 12.2 Å². The molecule has 0 aromatic heterocycles. The maximum Gasteiger partial charge on any atom is 0.338 e.